The van der Waals surface area contributed by atoms with Crippen molar-refractivity contribution >= 4 is 16.9 Å². The molecule has 1 aliphatic rings. The third-order valence-corrected chi connectivity index (χ3v) is 4.71. The second kappa shape index (κ2) is 7.15. The number of halogens is 3. The number of rotatable bonds is 4. The van der Waals surface area contributed by atoms with E-state index in [0.29, 0.717) is 29.4 Å². The molecular weight excluding hydrogens is 357 g/mol. The summed E-state index contributed by atoms with van der Waals surface area (Å²) < 4.78 is 40.6. The molecule has 4 heterocycles. The van der Waals surface area contributed by atoms with Crippen molar-refractivity contribution in [2.24, 2.45) is 0 Å². The van der Waals surface area contributed by atoms with Crippen molar-refractivity contribution in [2.45, 2.75) is 31.5 Å². The lowest BCUT2D eigenvalue weighted by Crippen LogP contribution is -2.39. The van der Waals surface area contributed by atoms with Gasteiger partial charge in [-0.05, 0) is 43.7 Å². The van der Waals surface area contributed by atoms with Crippen molar-refractivity contribution < 1.29 is 16.0 Å². The van der Waals surface area contributed by atoms with Crippen LogP contribution in [0.2, 0.25) is 0 Å². The van der Waals surface area contributed by atoms with Gasteiger partial charge in [0, 0.05) is 27.0 Å². The molecule has 0 radical (unpaired) electrons. The largest absolute Gasteiger partial charge is 0.418 e. The Morgan fingerprint density at radius 2 is 2.11 bits per heavy atom. The maximum Gasteiger partial charge on any atom is 0.418 e. The fraction of sp³-hybridized carbons (Fsp3) is 0.389. The molecule has 3 aromatic heterocycles. The zero-order chi connectivity index (χ0) is 18.9. The van der Waals surface area contributed by atoms with Crippen molar-refractivity contribution in [2.75, 3.05) is 18.4 Å². The van der Waals surface area contributed by atoms with Gasteiger partial charge in [0.05, 0.1) is 11.3 Å². The molecule has 0 amide bonds. The third kappa shape index (κ3) is 3.73. The summed E-state index contributed by atoms with van der Waals surface area (Å²) in [7, 11) is 0. The van der Waals surface area contributed by atoms with E-state index in [1.54, 1.807) is 18.3 Å². The molecule has 6 nitrogen and oxygen atoms in total. The highest BCUT2D eigenvalue weighted by Gasteiger charge is 2.35. The minimum atomic E-state index is -4.52. The lowest BCUT2D eigenvalue weighted by molar-refractivity contribution is -0.137. The summed E-state index contributed by atoms with van der Waals surface area (Å²) in [6, 6.07) is 6.05. The van der Waals surface area contributed by atoms with E-state index >= 15 is 0 Å². The van der Waals surface area contributed by atoms with Crippen LogP contribution in [0.1, 0.15) is 27.7 Å². The van der Waals surface area contributed by atoms with Crippen LogP contribution in [0.4, 0.5) is 19.0 Å². The topological polar surface area (TPSA) is 78.5 Å². The molecule has 1 atom stereocenters. The van der Waals surface area contributed by atoms with Crippen LogP contribution in [-0.2, 0) is 6.18 Å². The Morgan fingerprint density at radius 1 is 1.22 bits per heavy atom. The summed E-state index contributed by atoms with van der Waals surface area (Å²) >= 11 is 0. The minimum absolute atomic E-state index is 0. The summed E-state index contributed by atoms with van der Waals surface area (Å²) in [4.78, 5) is 8.32. The van der Waals surface area contributed by atoms with Crippen LogP contribution in [0.25, 0.3) is 22.4 Å². The summed E-state index contributed by atoms with van der Waals surface area (Å²) in [5.74, 6) is 0.400. The van der Waals surface area contributed by atoms with Crippen LogP contribution in [0.3, 0.4) is 0 Å². The monoisotopic (exact) mass is 380 g/mol. The maximum absolute atomic E-state index is 13.5. The Kier molecular flexibility index (Phi) is 4.69. The fourth-order valence-electron chi connectivity index (χ4n) is 3.33. The van der Waals surface area contributed by atoms with Crippen molar-refractivity contribution in [1.29, 1.82) is 0 Å². The van der Waals surface area contributed by atoms with E-state index in [4.69, 9.17) is 0 Å². The Morgan fingerprint density at radius 3 is 2.89 bits per heavy atom. The lowest BCUT2D eigenvalue weighted by Gasteiger charge is -2.24. The van der Waals surface area contributed by atoms with E-state index in [0.717, 1.165) is 31.9 Å². The molecule has 1 fully saturated rings. The number of hydrogen-bond donors (Lipinski definition) is 3. The molecule has 3 aromatic rings. The molecule has 3 N–H and O–H groups in total. The number of hydrogen-bond acceptors (Lipinski definition) is 5. The first kappa shape index (κ1) is 17.7. The molecular formula is C18H23F3N6. The van der Waals surface area contributed by atoms with Gasteiger partial charge >= 0.3 is 6.18 Å². The quantitative estimate of drug-likeness (QED) is 0.636. The first-order valence-electron chi connectivity index (χ1n) is 8.87. The van der Waals surface area contributed by atoms with E-state index in [1.807, 2.05) is 0 Å². The van der Waals surface area contributed by atoms with Gasteiger partial charge in [0.2, 0.25) is 0 Å². The highest BCUT2D eigenvalue weighted by Crippen LogP contribution is 2.38. The van der Waals surface area contributed by atoms with Crippen LogP contribution in [-0.4, -0.2) is 39.3 Å². The number of H-pyrrole nitrogens is 1. The molecule has 4 rings (SSSR count). The average Bonchev–Trinajstić information content (AvgIpc) is 3.10. The van der Waals surface area contributed by atoms with Gasteiger partial charge in [-0.15, -0.1) is 0 Å². The van der Waals surface area contributed by atoms with E-state index < -0.39 is 11.7 Å². The summed E-state index contributed by atoms with van der Waals surface area (Å²) in [6.07, 6.45) is 0.362. The lowest BCUT2D eigenvalue weighted by atomic mass is 10.1. The maximum atomic E-state index is 13.5. The first-order valence-corrected chi connectivity index (χ1v) is 8.87. The highest BCUT2D eigenvalue weighted by molar-refractivity contribution is 5.90. The van der Waals surface area contributed by atoms with Crippen molar-refractivity contribution in [3.63, 3.8) is 0 Å². The van der Waals surface area contributed by atoms with E-state index in [9.17, 15) is 13.2 Å². The normalized spacial score (nSPS) is 18.0. The van der Waals surface area contributed by atoms with Crippen molar-refractivity contribution in [3.05, 3.63) is 36.0 Å². The van der Waals surface area contributed by atoms with Crippen LogP contribution in [0.5, 0.6) is 0 Å². The standard InChI is InChI=1S/C18H19F3N6.2H2/c19-18(20,21)13-6-7-14(24-10-11-4-1-2-8-22-11)25-16(13)15-12-5-3-9-23-17(12)27-26-15;;/h3,5-7,9,11,22H,1-2,4,8,10H2,(H,24,25)(H,23,26,27);2*1H. The predicted octanol–water partition coefficient (Wildman–Crippen LogP) is 4.08. The number of aromatic nitrogens is 4. The average molecular weight is 380 g/mol. The second-order valence-electron chi connectivity index (χ2n) is 6.59. The van der Waals surface area contributed by atoms with Crippen molar-refractivity contribution in [3.8, 4) is 11.4 Å². The van der Waals surface area contributed by atoms with Gasteiger partial charge < -0.3 is 10.6 Å². The van der Waals surface area contributed by atoms with Gasteiger partial charge in [0.15, 0.2) is 5.65 Å². The van der Waals surface area contributed by atoms with Gasteiger partial charge in [0.1, 0.15) is 11.5 Å². The molecule has 1 saturated heterocycles. The fourth-order valence-corrected chi connectivity index (χ4v) is 3.33. The summed E-state index contributed by atoms with van der Waals surface area (Å²) in [5, 5.41) is 13.7. The molecule has 0 aliphatic carbocycles. The molecule has 9 heteroatoms. The van der Waals surface area contributed by atoms with Gasteiger partial charge in [0.25, 0.3) is 0 Å². The van der Waals surface area contributed by atoms with Crippen LogP contribution < -0.4 is 10.6 Å². The highest BCUT2D eigenvalue weighted by atomic mass is 19.4. The Bertz CT molecular complexity index is 941. The minimum Gasteiger partial charge on any atom is -0.368 e. The number of fused-ring (bicyclic) bond motifs is 1. The zero-order valence-corrected chi connectivity index (χ0v) is 14.5. The predicted molar refractivity (Wildman–Crippen MR) is 100 cm³/mol. The molecule has 146 valence electrons. The molecule has 27 heavy (non-hydrogen) atoms. The van der Waals surface area contributed by atoms with E-state index in [-0.39, 0.29) is 14.2 Å². The first-order chi connectivity index (χ1) is 13.0. The van der Waals surface area contributed by atoms with Gasteiger partial charge in [-0.2, -0.15) is 18.3 Å². The van der Waals surface area contributed by atoms with E-state index in [1.165, 1.54) is 6.07 Å². The number of alkyl halides is 3. The third-order valence-electron chi connectivity index (χ3n) is 4.71. The smallest absolute Gasteiger partial charge is 0.368 e. The van der Waals surface area contributed by atoms with Gasteiger partial charge in [-0.3, -0.25) is 5.10 Å². The SMILES string of the molecule is FC(F)(F)c1ccc(NCC2CCCCN2)nc1-c1[nH]nc2ncccc12.[HH].[HH]. The molecule has 1 unspecified atom stereocenters. The zero-order valence-electron chi connectivity index (χ0n) is 14.5. The molecule has 0 spiro atoms. The number of nitrogens with zero attached hydrogens (tertiary/aromatic N) is 3. The molecule has 1 aliphatic heterocycles. The van der Waals surface area contributed by atoms with Crippen LogP contribution in [0, 0.1) is 0 Å². The summed E-state index contributed by atoms with van der Waals surface area (Å²) in [5.41, 5.74) is -0.421. The Hall–Kier alpha value is -2.68. The molecule has 0 saturated carbocycles. The summed E-state index contributed by atoms with van der Waals surface area (Å²) in [6.45, 7) is 1.58. The van der Waals surface area contributed by atoms with Crippen molar-refractivity contribution in [1.82, 2.24) is 25.5 Å². The van der Waals surface area contributed by atoms with Crippen LogP contribution in [0.15, 0.2) is 30.5 Å². The molecule has 0 bridgehead atoms. The number of piperidine rings is 1. The Balaban J connectivity index is 0.00000150. The van der Waals surface area contributed by atoms with Gasteiger partial charge in [-0.1, -0.05) is 6.42 Å². The van der Waals surface area contributed by atoms with Gasteiger partial charge in [-0.25, -0.2) is 9.97 Å². The number of aromatic amines is 1. The van der Waals surface area contributed by atoms with E-state index in [2.05, 4.69) is 30.8 Å². The van der Waals surface area contributed by atoms with Crippen LogP contribution >= 0.6 is 0 Å². The molecule has 0 aromatic carbocycles. The number of pyridine rings is 2. The number of nitrogens with one attached hydrogen (secondary N) is 3. The second-order valence-corrected chi connectivity index (χ2v) is 6.59. The Labute approximate surface area is 156 Å². The number of anilines is 1.